The molecule has 0 atom stereocenters. The average Bonchev–Trinajstić information content (AvgIpc) is 2.89. The number of amides is 1. The highest BCUT2D eigenvalue weighted by molar-refractivity contribution is 5.86. The van der Waals surface area contributed by atoms with Crippen LogP contribution in [0.5, 0.6) is 0 Å². The van der Waals surface area contributed by atoms with E-state index >= 15 is 0 Å². The van der Waals surface area contributed by atoms with Gasteiger partial charge in [0.1, 0.15) is 18.1 Å². The van der Waals surface area contributed by atoms with Crippen molar-refractivity contribution in [3.63, 3.8) is 0 Å². The fourth-order valence-corrected chi connectivity index (χ4v) is 2.04. The molecule has 17 heavy (non-hydrogen) atoms. The maximum Gasteiger partial charge on any atom is 0.354 e. The van der Waals surface area contributed by atoms with Gasteiger partial charge in [0, 0.05) is 13.1 Å². The zero-order chi connectivity index (χ0) is 12.4. The van der Waals surface area contributed by atoms with Crippen LogP contribution in [-0.4, -0.2) is 44.5 Å². The van der Waals surface area contributed by atoms with Gasteiger partial charge in [-0.3, -0.25) is 4.79 Å². The number of likely N-dealkylation sites (tertiary alicyclic amines) is 1. The monoisotopic (exact) mass is 237 g/mol. The van der Waals surface area contributed by atoms with Crippen LogP contribution in [0.3, 0.4) is 0 Å². The fourth-order valence-electron chi connectivity index (χ4n) is 2.04. The van der Waals surface area contributed by atoms with Crippen LogP contribution in [0.2, 0.25) is 0 Å². The van der Waals surface area contributed by atoms with Crippen LogP contribution >= 0.6 is 0 Å². The molecular weight excluding hydrogens is 222 g/mol. The first-order valence-electron chi connectivity index (χ1n) is 5.63. The molecule has 0 radical (unpaired) electrons. The van der Waals surface area contributed by atoms with Gasteiger partial charge in [-0.25, -0.2) is 9.78 Å². The van der Waals surface area contributed by atoms with Crippen molar-refractivity contribution in [3.8, 4) is 0 Å². The topological polar surface area (TPSA) is 75.4 Å². The Morgan fingerprint density at radius 1 is 1.41 bits per heavy atom. The molecule has 0 aliphatic carbocycles. The first kappa shape index (κ1) is 11.6. The van der Waals surface area contributed by atoms with Crippen molar-refractivity contribution in [1.82, 2.24) is 14.5 Å². The third kappa shape index (κ3) is 2.30. The van der Waals surface area contributed by atoms with Gasteiger partial charge < -0.3 is 14.6 Å². The van der Waals surface area contributed by atoms with Crippen molar-refractivity contribution in [2.45, 2.75) is 26.3 Å². The lowest BCUT2D eigenvalue weighted by molar-refractivity contribution is -0.130. The molecule has 1 aromatic rings. The van der Waals surface area contributed by atoms with E-state index in [1.54, 1.807) is 11.8 Å². The summed E-state index contributed by atoms with van der Waals surface area (Å²) in [7, 11) is 0. The predicted octanol–water partition coefficient (Wildman–Crippen LogP) is 0.512. The van der Waals surface area contributed by atoms with Gasteiger partial charge in [-0.1, -0.05) is 0 Å². The number of hydrogen-bond acceptors (Lipinski definition) is 3. The zero-order valence-electron chi connectivity index (χ0n) is 9.72. The van der Waals surface area contributed by atoms with Crippen LogP contribution in [0.15, 0.2) is 6.20 Å². The lowest BCUT2D eigenvalue weighted by Gasteiger charge is -2.16. The first-order valence-corrected chi connectivity index (χ1v) is 5.63. The molecular formula is C11H15N3O3. The number of hydrogen-bond donors (Lipinski definition) is 1. The molecule has 1 aliphatic rings. The maximum absolute atomic E-state index is 11.9. The summed E-state index contributed by atoms with van der Waals surface area (Å²) in [5.41, 5.74) is 0.0649. The molecule has 1 amide bonds. The number of aryl methyl sites for hydroxylation is 1. The van der Waals surface area contributed by atoms with E-state index in [4.69, 9.17) is 5.11 Å². The molecule has 1 aliphatic heterocycles. The van der Waals surface area contributed by atoms with Gasteiger partial charge in [0.05, 0.1) is 6.20 Å². The largest absolute Gasteiger partial charge is 0.477 e. The Morgan fingerprint density at radius 2 is 2.06 bits per heavy atom. The van der Waals surface area contributed by atoms with E-state index < -0.39 is 5.97 Å². The van der Waals surface area contributed by atoms with E-state index in [1.165, 1.54) is 10.8 Å². The normalized spacial score (nSPS) is 15.2. The third-order valence-electron chi connectivity index (χ3n) is 3.03. The van der Waals surface area contributed by atoms with Gasteiger partial charge in [-0.2, -0.15) is 0 Å². The Bertz CT molecular complexity index is 447. The molecule has 2 rings (SSSR count). The number of carbonyl (C=O) groups excluding carboxylic acids is 1. The number of nitrogens with zero attached hydrogens (tertiary/aromatic N) is 3. The molecule has 1 N–H and O–H groups in total. The lowest BCUT2D eigenvalue weighted by atomic mass is 10.4. The van der Waals surface area contributed by atoms with E-state index in [1.807, 2.05) is 0 Å². The van der Waals surface area contributed by atoms with Crippen LogP contribution in [0.4, 0.5) is 0 Å². The standard InChI is InChI=1S/C11H15N3O3/c1-8-12-6-9(11(16)17)14(8)7-10(15)13-4-2-3-5-13/h6H,2-5,7H2,1H3,(H,16,17). The quantitative estimate of drug-likeness (QED) is 0.831. The summed E-state index contributed by atoms with van der Waals surface area (Å²) in [6, 6.07) is 0. The minimum Gasteiger partial charge on any atom is -0.477 e. The van der Waals surface area contributed by atoms with Crippen molar-refractivity contribution in [1.29, 1.82) is 0 Å². The number of imidazole rings is 1. The number of carbonyl (C=O) groups is 2. The Morgan fingerprint density at radius 3 is 2.65 bits per heavy atom. The Kier molecular flexibility index (Phi) is 3.12. The average molecular weight is 237 g/mol. The van der Waals surface area contributed by atoms with Crippen LogP contribution < -0.4 is 0 Å². The lowest BCUT2D eigenvalue weighted by Crippen LogP contribution is -2.32. The van der Waals surface area contributed by atoms with Crippen molar-refractivity contribution in [3.05, 3.63) is 17.7 Å². The highest BCUT2D eigenvalue weighted by Crippen LogP contribution is 2.11. The number of rotatable bonds is 3. The van der Waals surface area contributed by atoms with E-state index in [0.717, 1.165) is 25.9 Å². The molecule has 0 saturated carbocycles. The second-order valence-electron chi connectivity index (χ2n) is 4.17. The number of carboxylic acids is 1. The van der Waals surface area contributed by atoms with Crippen molar-refractivity contribution < 1.29 is 14.7 Å². The molecule has 1 fully saturated rings. The SMILES string of the molecule is Cc1ncc(C(=O)O)n1CC(=O)N1CCCC1. The second-order valence-corrected chi connectivity index (χ2v) is 4.17. The molecule has 0 bridgehead atoms. The third-order valence-corrected chi connectivity index (χ3v) is 3.03. The van der Waals surface area contributed by atoms with Gasteiger partial charge in [0.15, 0.2) is 0 Å². The molecule has 0 spiro atoms. The van der Waals surface area contributed by atoms with E-state index in [2.05, 4.69) is 4.98 Å². The minimum absolute atomic E-state index is 0.0360. The molecule has 0 aromatic carbocycles. The summed E-state index contributed by atoms with van der Waals surface area (Å²) >= 11 is 0. The molecule has 6 heteroatoms. The van der Waals surface area contributed by atoms with Gasteiger partial charge in [-0.15, -0.1) is 0 Å². The van der Waals surface area contributed by atoms with Gasteiger partial charge >= 0.3 is 5.97 Å². The summed E-state index contributed by atoms with van der Waals surface area (Å²) in [6.45, 7) is 3.31. The number of carboxylic acid groups (broad SMARTS) is 1. The van der Waals surface area contributed by atoms with Gasteiger partial charge in [-0.05, 0) is 19.8 Å². The summed E-state index contributed by atoms with van der Waals surface area (Å²) in [5.74, 6) is -0.541. The Labute approximate surface area is 98.9 Å². The van der Waals surface area contributed by atoms with Crippen molar-refractivity contribution >= 4 is 11.9 Å². The van der Waals surface area contributed by atoms with E-state index in [-0.39, 0.29) is 18.1 Å². The summed E-state index contributed by atoms with van der Waals surface area (Å²) in [6.07, 6.45) is 3.34. The second kappa shape index (κ2) is 4.57. The van der Waals surface area contributed by atoms with Crippen LogP contribution in [-0.2, 0) is 11.3 Å². The Balaban J connectivity index is 2.14. The molecule has 0 unspecified atom stereocenters. The smallest absolute Gasteiger partial charge is 0.354 e. The molecule has 2 heterocycles. The highest BCUT2D eigenvalue weighted by Gasteiger charge is 2.21. The summed E-state index contributed by atoms with van der Waals surface area (Å²) in [4.78, 5) is 28.6. The van der Waals surface area contributed by atoms with Gasteiger partial charge in [0.25, 0.3) is 0 Å². The van der Waals surface area contributed by atoms with Gasteiger partial charge in [0.2, 0.25) is 5.91 Å². The summed E-state index contributed by atoms with van der Waals surface area (Å²) < 4.78 is 1.45. The molecule has 6 nitrogen and oxygen atoms in total. The van der Waals surface area contributed by atoms with Crippen LogP contribution in [0, 0.1) is 6.92 Å². The van der Waals surface area contributed by atoms with E-state index in [9.17, 15) is 9.59 Å². The maximum atomic E-state index is 11.9. The Hall–Kier alpha value is -1.85. The number of aromatic nitrogens is 2. The molecule has 1 saturated heterocycles. The number of aromatic carboxylic acids is 1. The first-order chi connectivity index (χ1) is 8.09. The molecule has 92 valence electrons. The van der Waals surface area contributed by atoms with Crippen LogP contribution in [0.1, 0.15) is 29.2 Å². The molecule has 1 aromatic heterocycles. The van der Waals surface area contributed by atoms with Crippen molar-refractivity contribution in [2.24, 2.45) is 0 Å². The highest BCUT2D eigenvalue weighted by atomic mass is 16.4. The van der Waals surface area contributed by atoms with Crippen LogP contribution in [0.25, 0.3) is 0 Å². The summed E-state index contributed by atoms with van der Waals surface area (Å²) in [5, 5.41) is 8.97. The fraction of sp³-hybridized carbons (Fsp3) is 0.545. The van der Waals surface area contributed by atoms with Crippen molar-refractivity contribution in [2.75, 3.05) is 13.1 Å². The van der Waals surface area contributed by atoms with E-state index in [0.29, 0.717) is 5.82 Å². The zero-order valence-corrected chi connectivity index (χ0v) is 9.72. The predicted molar refractivity (Wildman–Crippen MR) is 59.7 cm³/mol. The minimum atomic E-state index is -1.06.